The highest BCUT2D eigenvalue weighted by Gasteiger charge is 2.44. The summed E-state index contributed by atoms with van der Waals surface area (Å²) in [6, 6.07) is 6.20. The number of nitriles is 1. The average Bonchev–Trinajstić information content (AvgIpc) is 3.31. The van der Waals surface area contributed by atoms with Crippen molar-refractivity contribution in [2.75, 3.05) is 11.9 Å². The van der Waals surface area contributed by atoms with Gasteiger partial charge in [-0.2, -0.15) is 5.26 Å². The fraction of sp³-hybridized carbons (Fsp3) is 0.353. The van der Waals surface area contributed by atoms with Crippen LogP contribution in [0.2, 0.25) is 0 Å². The van der Waals surface area contributed by atoms with Crippen molar-refractivity contribution in [3.63, 3.8) is 0 Å². The number of nitrogens with zero attached hydrogens (tertiary/aromatic N) is 2. The number of thiophene rings is 1. The van der Waals surface area contributed by atoms with Gasteiger partial charge in [0.05, 0.1) is 5.56 Å². The first kappa shape index (κ1) is 14.4. The Bertz CT molecular complexity index is 793. The van der Waals surface area contributed by atoms with Crippen LogP contribution in [0.3, 0.4) is 0 Å². The van der Waals surface area contributed by atoms with Crippen molar-refractivity contribution in [3.8, 4) is 6.07 Å². The van der Waals surface area contributed by atoms with E-state index < -0.39 is 0 Å². The van der Waals surface area contributed by atoms with E-state index in [1.807, 2.05) is 12.1 Å². The number of carbonyl (C=O) groups excluding carboxylic acids is 1. The number of fused-ring (bicyclic) bond motifs is 1. The predicted octanol–water partition coefficient (Wildman–Crippen LogP) is 2.40. The fourth-order valence-electron chi connectivity index (χ4n) is 3.21. The van der Waals surface area contributed by atoms with E-state index in [4.69, 9.17) is 0 Å². The molecule has 3 heterocycles. The molecule has 1 amide bonds. The van der Waals surface area contributed by atoms with E-state index in [1.54, 1.807) is 12.4 Å². The Hall–Kier alpha value is -2.23. The van der Waals surface area contributed by atoms with Crippen LogP contribution in [0.1, 0.15) is 33.9 Å². The van der Waals surface area contributed by atoms with Crippen LogP contribution in [-0.2, 0) is 17.8 Å². The van der Waals surface area contributed by atoms with Gasteiger partial charge < -0.3 is 10.6 Å². The molecule has 23 heavy (non-hydrogen) atoms. The van der Waals surface area contributed by atoms with E-state index in [1.165, 1.54) is 16.2 Å². The number of amides is 1. The number of nitrogens with one attached hydrogen (secondary N) is 2. The van der Waals surface area contributed by atoms with Crippen molar-refractivity contribution in [3.05, 3.63) is 46.1 Å². The zero-order valence-electron chi connectivity index (χ0n) is 12.5. The molecule has 2 aromatic heterocycles. The highest BCUT2D eigenvalue weighted by atomic mass is 32.1. The van der Waals surface area contributed by atoms with Gasteiger partial charge in [-0.15, -0.1) is 11.3 Å². The van der Waals surface area contributed by atoms with Crippen molar-refractivity contribution in [1.82, 2.24) is 10.3 Å². The second kappa shape index (κ2) is 5.76. The number of anilines is 1. The lowest BCUT2D eigenvalue weighted by Crippen LogP contribution is -2.22. The fourth-order valence-corrected chi connectivity index (χ4v) is 4.38. The van der Waals surface area contributed by atoms with Crippen molar-refractivity contribution < 1.29 is 4.79 Å². The molecule has 1 fully saturated rings. The van der Waals surface area contributed by atoms with Gasteiger partial charge >= 0.3 is 0 Å². The molecule has 2 unspecified atom stereocenters. The first-order valence-corrected chi connectivity index (χ1v) is 8.55. The Labute approximate surface area is 138 Å². The standard InChI is InChI=1S/C17H16N4OS/c18-8-14-11-3-6-20-9-15(11)23-17(14)21-16(22)13-7-12(13)10-1-4-19-5-2-10/h1-2,4-5,12-13,20H,3,6-7,9H2,(H,21,22). The van der Waals surface area contributed by atoms with Crippen molar-refractivity contribution in [1.29, 1.82) is 5.26 Å². The third-order valence-electron chi connectivity index (χ3n) is 4.54. The summed E-state index contributed by atoms with van der Waals surface area (Å²) >= 11 is 1.53. The summed E-state index contributed by atoms with van der Waals surface area (Å²) in [5.41, 5.74) is 2.92. The molecule has 1 aliphatic heterocycles. The van der Waals surface area contributed by atoms with E-state index in [0.29, 0.717) is 10.6 Å². The monoisotopic (exact) mass is 324 g/mol. The number of carbonyl (C=O) groups is 1. The summed E-state index contributed by atoms with van der Waals surface area (Å²) in [5.74, 6) is 0.302. The van der Waals surface area contributed by atoms with E-state index in [2.05, 4.69) is 21.7 Å². The number of hydrogen-bond donors (Lipinski definition) is 2. The highest BCUT2D eigenvalue weighted by Crippen LogP contribution is 2.48. The minimum Gasteiger partial charge on any atom is -0.316 e. The van der Waals surface area contributed by atoms with Crippen LogP contribution < -0.4 is 10.6 Å². The van der Waals surface area contributed by atoms with Crippen molar-refractivity contribution in [2.45, 2.75) is 25.3 Å². The lowest BCUT2D eigenvalue weighted by Gasteiger charge is -2.11. The molecule has 0 saturated heterocycles. The molecule has 2 aromatic rings. The second-order valence-corrected chi connectivity index (χ2v) is 7.07. The zero-order valence-corrected chi connectivity index (χ0v) is 13.3. The van der Waals surface area contributed by atoms with Crippen molar-refractivity contribution in [2.24, 2.45) is 5.92 Å². The number of pyridine rings is 1. The first-order valence-electron chi connectivity index (χ1n) is 7.74. The zero-order chi connectivity index (χ0) is 15.8. The quantitative estimate of drug-likeness (QED) is 0.909. The maximum Gasteiger partial charge on any atom is 0.228 e. The summed E-state index contributed by atoms with van der Waals surface area (Å²) < 4.78 is 0. The van der Waals surface area contributed by atoms with Gasteiger partial charge in [0, 0.05) is 29.7 Å². The Kier molecular flexibility index (Phi) is 3.60. The smallest absolute Gasteiger partial charge is 0.228 e. The SMILES string of the molecule is N#Cc1c(NC(=O)C2CC2c2ccncc2)sc2c1CCNC2. The number of aromatic nitrogens is 1. The van der Waals surface area contributed by atoms with Gasteiger partial charge in [-0.05, 0) is 48.6 Å². The van der Waals surface area contributed by atoms with Crippen LogP contribution in [0, 0.1) is 17.2 Å². The number of rotatable bonds is 3. The molecule has 1 aliphatic carbocycles. The van der Waals surface area contributed by atoms with Gasteiger partial charge in [-0.1, -0.05) is 0 Å². The molecule has 2 aliphatic rings. The number of hydrogen-bond acceptors (Lipinski definition) is 5. The summed E-state index contributed by atoms with van der Waals surface area (Å²) in [6.45, 7) is 1.67. The topological polar surface area (TPSA) is 77.8 Å². The van der Waals surface area contributed by atoms with E-state index in [9.17, 15) is 10.1 Å². The van der Waals surface area contributed by atoms with Gasteiger partial charge in [0.25, 0.3) is 0 Å². The maximum atomic E-state index is 12.5. The van der Waals surface area contributed by atoms with Crippen LogP contribution >= 0.6 is 11.3 Å². The van der Waals surface area contributed by atoms with Crippen LogP contribution in [0.25, 0.3) is 0 Å². The Balaban J connectivity index is 1.50. The second-order valence-electron chi connectivity index (χ2n) is 5.96. The van der Waals surface area contributed by atoms with Gasteiger partial charge in [-0.25, -0.2) is 0 Å². The minimum absolute atomic E-state index is 0.00111. The lowest BCUT2D eigenvalue weighted by atomic mass is 10.0. The van der Waals surface area contributed by atoms with Gasteiger partial charge in [0.1, 0.15) is 11.1 Å². The molecule has 2 N–H and O–H groups in total. The molecule has 0 bridgehead atoms. The summed E-state index contributed by atoms with van der Waals surface area (Å²) in [4.78, 5) is 17.7. The molecule has 2 atom stereocenters. The van der Waals surface area contributed by atoms with E-state index in [-0.39, 0.29) is 17.7 Å². The van der Waals surface area contributed by atoms with Crippen LogP contribution in [0.4, 0.5) is 5.00 Å². The predicted molar refractivity (Wildman–Crippen MR) is 88.2 cm³/mol. The van der Waals surface area contributed by atoms with Crippen LogP contribution in [0.5, 0.6) is 0 Å². The molecular weight excluding hydrogens is 308 g/mol. The average molecular weight is 324 g/mol. The molecule has 6 heteroatoms. The largest absolute Gasteiger partial charge is 0.316 e. The summed E-state index contributed by atoms with van der Waals surface area (Å²) in [5, 5.41) is 16.5. The molecule has 0 aromatic carbocycles. The molecule has 0 radical (unpaired) electrons. The van der Waals surface area contributed by atoms with Crippen molar-refractivity contribution >= 4 is 22.2 Å². The highest BCUT2D eigenvalue weighted by molar-refractivity contribution is 7.16. The van der Waals surface area contributed by atoms with Gasteiger partial charge in [-0.3, -0.25) is 9.78 Å². The van der Waals surface area contributed by atoms with Gasteiger partial charge in [0.2, 0.25) is 5.91 Å². The third kappa shape index (κ3) is 2.62. The van der Waals surface area contributed by atoms with E-state index >= 15 is 0 Å². The lowest BCUT2D eigenvalue weighted by molar-refractivity contribution is -0.117. The maximum absolute atomic E-state index is 12.5. The summed E-state index contributed by atoms with van der Waals surface area (Å²) in [6.07, 6.45) is 5.24. The normalized spacial score (nSPS) is 22.0. The molecule has 116 valence electrons. The Morgan fingerprint density at radius 2 is 2.26 bits per heavy atom. The summed E-state index contributed by atoms with van der Waals surface area (Å²) in [7, 11) is 0. The molecule has 1 saturated carbocycles. The molecule has 5 nitrogen and oxygen atoms in total. The van der Waals surface area contributed by atoms with Crippen LogP contribution in [-0.4, -0.2) is 17.4 Å². The molecule has 4 rings (SSSR count). The third-order valence-corrected chi connectivity index (χ3v) is 5.69. The first-order chi connectivity index (χ1) is 11.3. The van der Waals surface area contributed by atoms with E-state index in [0.717, 1.165) is 37.1 Å². The minimum atomic E-state index is 0.00111. The van der Waals surface area contributed by atoms with Crippen LogP contribution in [0.15, 0.2) is 24.5 Å². The Morgan fingerprint density at radius 1 is 1.43 bits per heavy atom. The van der Waals surface area contributed by atoms with Gasteiger partial charge in [0.15, 0.2) is 0 Å². The Morgan fingerprint density at radius 3 is 3.04 bits per heavy atom. The molecular formula is C17H16N4OS. The molecule has 0 spiro atoms.